The van der Waals surface area contributed by atoms with E-state index < -0.39 is 21.7 Å². The molecule has 3 N–H and O–H groups in total. The summed E-state index contributed by atoms with van der Waals surface area (Å²) in [5, 5.41) is 10.8. The van der Waals surface area contributed by atoms with Gasteiger partial charge in [0.15, 0.2) is 11.4 Å². The molecule has 0 radical (unpaired) electrons. The number of fused-ring (bicyclic) bond motifs is 1. The maximum absolute atomic E-state index is 13.1. The SMILES string of the molecule is CCN(CC)CCCS(=O)(=O)N[C@H](CCc1ccccc1)c1nc(C2(C)CNc3ccccc3O2)n[nH]1. The number of ether oxygens (including phenoxy) is 1. The maximum atomic E-state index is 13.1. The number of anilines is 1. The molecule has 1 aliphatic heterocycles. The quantitative estimate of drug-likeness (QED) is 0.310. The van der Waals surface area contributed by atoms with Gasteiger partial charge in [0.1, 0.15) is 11.6 Å². The van der Waals surface area contributed by atoms with Crippen molar-refractivity contribution in [2.75, 3.05) is 37.2 Å². The number of hydrogen-bond acceptors (Lipinski definition) is 7. The summed E-state index contributed by atoms with van der Waals surface area (Å²) in [5.74, 6) is 1.77. The predicted molar refractivity (Wildman–Crippen MR) is 146 cm³/mol. The molecule has 1 aromatic heterocycles. The number of H-pyrrole nitrogens is 1. The van der Waals surface area contributed by atoms with E-state index in [9.17, 15) is 8.42 Å². The smallest absolute Gasteiger partial charge is 0.212 e. The fraction of sp³-hybridized carbons (Fsp3) is 0.481. The lowest BCUT2D eigenvalue weighted by molar-refractivity contribution is 0.0844. The van der Waals surface area contributed by atoms with E-state index >= 15 is 0 Å². The molecule has 0 fully saturated rings. The highest BCUT2D eigenvalue weighted by Crippen LogP contribution is 2.36. The minimum absolute atomic E-state index is 0.0634. The number of rotatable bonds is 13. The molecule has 10 heteroatoms. The molecule has 200 valence electrons. The molecule has 0 spiro atoms. The maximum Gasteiger partial charge on any atom is 0.212 e. The van der Waals surface area contributed by atoms with E-state index in [4.69, 9.17) is 9.72 Å². The Morgan fingerprint density at radius 2 is 1.84 bits per heavy atom. The Morgan fingerprint density at radius 3 is 2.59 bits per heavy atom. The van der Waals surface area contributed by atoms with Gasteiger partial charge in [0.25, 0.3) is 0 Å². The minimum Gasteiger partial charge on any atom is -0.475 e. The summed E-state index contributed by atoms with van der Waals surface area (Å²) in [5.41, 5.74) is 1.26. The van der Waals surface area contributed by atoms with Gasteiger partial charge in [0.05, 0.1) is 24.0 Å². The number of hydrogen-bond donors (Lipinski definition) is 3. The molecular formula is C27H38N6O3S. The predicted octanol–water partition coefficient (Wildman–Crippen LogP) is 3.85. The zero-order valence-electron chi connectivity index (χ0n) is 21.9. The second-order valence-electron chi connectivity index (χ2n) is 9.62. The first-order valence-electron chi connectivity index (χ1n) is 13.0. The van der Waals surface area contributed by atoms with Crippen LogP contribution in [-0.4, -0.2) is 60.4 Å². The number of nitrogens with zero attached hydrogens (tertiary/aromatic N) is 3. The van der Waals surface area contributed by atoms with E-state index in [2.05, 4.69) is 39.0 Å². The lowest BCUT2D eigenvalue weighted by Crippen LogP contribution is -2.41. The highest BCUT2D eigenvalue weighted by Gasteiger charge is 2.38. The Labute approximate surface area is 220 Å². The molecule has 2 heterocycles. The van der Waals surface area contributed by atoms with Crippen LogP contribution in [0.3, 0.4) is 0 Å². The van der Waals surface area contributed by atoms with E-state index in [-0.39, 0.29) is 5.75 Å². The highest BCUT2D eigenvalue weighted by atomic mass is 32.2. The van der Waals surface area contributed by atoms with Crippen molar-refractivity contribution in [1.29, 1.82) is 0 Å². The van der Waals surface area contributed by atoms with Gasteiger partial charge in [-0.2, -0.15) is 5.10 Å². The minimum atomic E-state index is -3.52. The van der Waals surface area contributed by atoms with E-state index in [0.717, 1.165) is 36.6 Å². The molecule has 1 unspecified atom stereocenters. The average molecular weight is 527 g/mol. The number of nitrogens with one attached hydrogen (secondary N) is 3. The topological polar surface area (TPSA) is 112 Å². The van der Waals surface area contributed by atoms with Gasteiger partial charge < -0.3 is 15.0 Å². The van der Waals surface area contributed by atoms with Crippen molar-refractivity contribution in [3.05, 3.63) is 71.8 Å². The summed E-state index contributed by atoms with van der Waals surface area (Å²) in [6, 6.07) is 17.2. The Hall–Kier alpha value is -2.95. The van der Waals surface area contributed by atoms with Crippen LogP contribution in [0, 0.1) is 0 Å². The van der Waals surface area contributed by atoms with Gasteiger partial charge in [0, 0.05) is 0 Å². The molecule has 0 saturated heterocycles. The lowest BCUT2D eigenvalue weighted by atomic mass is 10.0. The molecule has 2 atom stereocenters. The monoisotopic (exact) mass is 526 g/mol. The number of aromatic amines is 1. The van der Waals surface area contributed by atoms with Crippen molar-refractivity contribution >= 4 is 15.7 Å². The van der Waals surface area contributed by atoms with Crippen LogP contribution in [0.1, 0.15) is 56.9 Å². The lowest BCUT2D eigenvalue weighted by Gasteiger charge is -2.34. The number of para-hydroxylation sites is 2. The van der Waals surface area contributed by atoms with E-state index in [1.807, 2.05) is 61.5 Å². The fourth-order valence-corrected chi connectivity index (χ4v) is 5.83. The molecule has 0 saturated carbocycles. The van der Waals surface area contributed by atoms with Gasteiger partial charge in [0.2, 0.25) is 10.0 Å². The van der Waals surface area contributed by atoms with Crippen molar-refractivity contribution in [3.8, 4) is 5.75 Å². The van der Waals surface area contributed by atoms with E-state index in [1.54, 1.807) is 0 Å². The molecule has 1 aliphatic rings. The summed E-state index contributed by atoms with van der Waals surface area (Å²) in [7, 11) is -3.52. The standard InChI is InChI=1S/C27H38N6O3S/c1-4-33(5-2)18-11-19-37(34,35)32-23(17-16-21-12-7-6-8-13-21)25-29-26(31-30-25)27(3)20-28-22-14-9-10-15-24(22)36-27/h6-10,12-15,23,28,32H,4-5,11,16-20H2,1-3H3,(H,29,30,31)/t23-,27?/m1/s1. The summed E-state index contributed by atoms with van der Waals surface area (Å²) in [6.07, 6.45) is 1.82. The Balaban J connectivity index is 1.50. The fourth-order valence-electron chi connectivity index (χ4n) is 4.54. The summed E-state index contributed by atoms with van der Waals surface area (Å²) >= 11 is 0. The zero-order chi connectivity index (χ0) is 26.3. The molecule has 9 nitrogen and oxygen atoms in total. The first kappa shape index (κ1) is 27.1. The van der Waals surface area contributed by atoms with Crippen LogP contribution in [0.5, 0.6) is 5.75 Å². The summed E-state index contributed by atoms with van der Waals surface area (Å²) < 4.78 is 35.3. The second-order valence-corrected chi connectivity index (χ2v) is 11.5. The molecular weight excluding hydrogens is 488 g/mol. The van der Waals surface area contributed by atoms with E-state index in [1.165, 1.54) is 0 Å². The van der Waals surface area contributed by atoms with Crippen LogP contribution >= 0.6 is 0 Å². The van der Waals surface area contributed by atoms with Crippen molar-refractivity contribution in [2.24, 2.45) is 0 Å². The third-order valence-electron chi connectivity index (χ3n) is 6.81. The van der Waals surface area contributed by atoms with Gasteiger partial charge in [-0.05, 0) is 63.5 Å². The second kappa shape index (κ2) is 12.1. The highest BCUT2D eigenvalue weighted by molar-refractivity contribution is 7.89. The van der Waals surface area contributed by atoms with Crippen molar-refractivity contribution in [2.45, 2.75) is 51.7 Å². The third kappa shape index (κ3) is 7.09. The Kier molecular flexibility index (Phi) is 8.83. The number of sulfonamides is 1. The van der Waals surface area contributed by atoms with Gasteiger partial charge >= 0.3 is 0 Å². The van der Waals surface area contributed by atoms with Crippen LogP contribution in [0.4, 0.5) is 5.69 Å². The number of benzene rings is 2. The first-order chi connectivity index (χ1) is 17.8. The van der Waals surface area contributed by atoms with E-state index in [0.29, 0.717) is 37.5 Å². The third-order valence-corrected chi connectivity index (χ3v) is 8.28. The van der Waals surface area contributed by atoms with Crippen LogP contribution in [0.2, 0.25) is 0 Å². The van der Waals surface area contributed by atoms with Gasteiger partial charge in [-0.1, -0.05) is 56.3 Å². The molecule has 0 bridgehead atoms. The largest absolute Gasteiger partial charge is 0.475 e. The normalized spacial score (nSPS) is 18.2. The van der Waals surface area contributed by atoms with Crippen molar-refractivity contribution < 1.29 is 13.2 Å². The van der Waals surface area contributed by atoms with Crippen LogP contribution in [0.15, 0.2) is 54.6 Å². The Morgan fingerprint density at radius 1 is 1.11 bits per heavy atom. The average Bonchev–Trinajstić information content (AvgIpc) is 3.41. The number of aryl methyl sites for hydroxylation is 1. The van der Waals surface area contributed by atoms with Crippen molar-refractivity contribution in [3.63, 3.8) is 0 Å². The van der Waals surface area contributed by atoms with Gasteiger partial charge in [-0.25, -0.2) is 18.1 Å². The molecule has 37 heavy (non-hydrogen) atoms. The summed E-state index contributed by atoms with van der Waals surface area (Å²) in [4.78, 5) is 6.97. The number of aromatic nitrogens is 3. The Bertz CT molecular complexity index is 1250. The first-order valence-corrected chi connectivity index (χ1v) is 14.7. The van der Waals surface area contributed by atoms with Crippen LogP contribution in [-0.2, 0) is 22.0 Å². The molecule has 4 rings (SSSR count). The summed E-state index contributed by atoms with van der Waals surface area (Å²) in [6.45, 7) is 9.16. The van der Waals surface area contributed by atoms with Crippen LogP contribution < -0.4 is 14.8 Å². The zero-order valence-corrected chi connectivity index (χ0v) is 22.7. The molecule has 3 aromatic rings. The van der Waals surface area contributed by atoms with Crippen LogP contribution in [0.25, 0.3) is 0 Å². The molecule has 0 aliphatic carbocycles. The molecule has 2 aromatic carbocycles. The van der Waals surface area contributed by atoms with Crippen molar-refractivity contribution in [1.82, 2.24) is 24.8 Å². The van der Waals surface area contributed by atoms with Gasteiger partial charge in [-0.15, -0.1) is 0 Å². The van der Waals surface area contributed by atoms with Gasteiger partial charge in [-0.3, -0.25) is 5.10 Å². The molecule has 0 amide bonds.